The van der Waals surface area contributed by atoms with Crippen molar-refractivity contribution in [3.8, 4) is 5.69 Å². The van der Waals surface area contributed by atoms with Gasteiger partial charge in [0.05, 0.1) is 6.20 Å². The molecular weight excluding hydrogens is 404 g/mol. The van der Waals surface area contributed by atoms with Gasteiger partial charge in [-0.1, -0.05) is 18.2 Å². The van der Waals surface area contributed by atoms with Crippen LogP contribution in [-0.2, 0) is 22.2 Å². The molecule has 3 aromatic rings. The first-order chi connectivity index (χ1) is 8.85. The fraction of sp³-hybridized carbons (Fsp3) is 0. The first kappa shape index (κ1) is 12.8. The maximum atomic E-state index is 8.72. The zero-order valence-electron chi connectivity index (χ0n) is 11.0. The molecule has 0 atom stereocenters. The van der Waals surface area contributed by atoms with Crippen LogP contribution in [0.4, 0.5) is 0 Å². The van der Waals surface area contributed by atoms with Crippen molar-refractivity contribution in [2.45, 2.75) is 0 Å². The molecule has 1 aromatic carbocycles. The van der Waals surface area contributed by atoms with Crippen molar-refractivity contribution >= 4 is 5.52 Å². The van der Waals surface area contributed by atoms with Crippen molar-refractivity contribution in [2.75, 3.05) is 0 Å². The molecule has 0 unspecified atom stereocenters. The van der Waals surface area contributed by atoms with Gasteiger partial charge in [-0.05, 0) is 24.3 Å². The molecule has 0 spiro atoms. The molecule has 18 heavy (non-hydrogen) atoms. The van der Waals surface area contributed by atoms with Crippen LogP contribution in [0.15, 0.2) is 67.3 Å². The number of imidazole rings is 1. The normalized spacial score (nSPS) is 10.1. The average molecular weight is 421 g/mol. The third-order valence-corrected chi connectivity index (χ3v) is 2.50. The molecular formula is C14H15IrN2O. The van der Waals surface area contributed by atoms with E-state index in [0.29, 0.717) is 0 Å². The van der Waals surface area contributed by atoms with E-state index in [2.05, 4.69) is 45.9 Å². The monoisotopic (exact) mass is 421 g/mol. The van der Waals surface area contributed by atoms with E-state index in [1.165, 1.54) is 11.2 Å². The Morgan fingerprint density at radius 2 is 1.78 bits per heavy atom. The number of fused-ring (bicyclic) bond motifs is 1. The molecule has 0 amide bonds. The maximum absolute atomic E-state index is 8.72. The Labute approximate surface area is 118 Å². The number of nitrogens with zero attached hydrogens (tertiary/aromatic N) is 2. The quantitative estimate of drug-likeness (QED) is 0.556. The Balaban J connectivity index is 0.000000416. The van der Waals surface area contributed by atoms with Crippen LogP contribution in [0.1, 0.15) is 0 Å². The maximum Gasteiger partial charge on any atom is 0.161 e. The van der Waals surface area contributed by atoms with Gasteiger partial charge in [0, 0.05) is 6.07 Å². The van der Waals surface area contributed by atoms with E-state index in [1.54, 1.807) is 0 Å². The van der Waals surface area contributed by atoms with Crippen molar-refractivity contribution in [1.29, 1.82) is 0.800 Å². The minimum absolute atomic E-state index is 0. The molecule has 4 heteroatoms. The van der Waals surface area contributed by atoms with E-state index in [9.17, 15) is 0 Å². The molecule has 3 rings (SSSR count). The molecule has 0 radical (unpaired) electrons. The minimum Gasteiger partial charge on any atom is -0.358 e. The zero-order chi connectivity index (χ0) is 12.8. The largest absolute Gasteiger partial charge is 0.358 e. The van der Waals surface area contributed by atoms with E-state index in [0.717, 1.165) is 0 Å². The number of rotatable bonds is 1. The molecule has 0 bridgehead atoms. The number of pyridine rings is 1. The van der Waals surface area contributed by atoms with Crippen LogP contribution < -0.4 is 0 Å². The number of hydrogen-bond acceptors (Lipinski definition) is 1. The van der Waals surface area contributed by atoms with Crippen molar-refractivity contribution in [2.24, 2.45) is 0 Å². The first-order valence-electron chi connectivity index (χ1n) is 5.44. The molecule has 3 nitrogen and oxygen atoms in total. The predicted molar refractivity (Wildman–Crippen MR) is 69.6 cm³/mol. The van der Waals surface area contributed by atoms with Crippen molar-refractivity contribution in [3.05, 3.63) is 74.7 Å². The molecule has 0 saturated carbocycles. The second-order valence-corrected chi connectivity index (χ2v) is 3.52. The molecule has 0 saturated heterocycles. The Morgan fingerprint density at radius 1 is 1.11 bits per heavy atom. The van der Waals surface area contributed by atoms with Gasteiger partial charge in [0.1, 0.15) is 11.9 Å². The van der Waals surface area contributed by atoms with Crippen LogP contribution in [0.25, 0.3) is 11.2 Å². The molecule has 0 aliphatic heterocycles. The number of benzene rings is 1. The van der Waals surface area contributed by atoms with Crippen molar-refractivity contribution in [1.82, 2.24) is 8.97 Å². The smallest absolute Gasteiger partial charge is 0.161 e. The van der Waals surface area contributed by atoms with Crippen LogP contribution in [0.2, 0.25) is 0 Å². The summed E-state index contributed by atoms with van der Waals surface area (Å²) in [6.07, 6.45) is 6.24. The van der Waals surface area contributed by atoms with Crippen LogP contribution >= 0.6 is 0 Å². The fourth-order valence-electron chi connectivity index (χ4n) is 1.73. The third-order valence-electron chi connectivity index (χ3n) is 2.50. The standard InChI is InChI=1S/C13H11N2.CH3.Ir.O.H/c1-2-6-12(7-3-1)15-10-13-8-4-5-9-14(13)11-15;;;;/h1-11H;1H3;;;/q+1;-1;;;/i;;;;1+1. The van der Waals surface area contributed by atoms with Crippen LogP contribution in [-0.4, -0.2) is 9.77 Å². The minimum atomic E-state index is -1.50. The summed E-state index contributed by atoms with van der Waals surface area (Å²) in [5, 5.41) is 0. The number of hydrogen-bond donors (Lipinski definition) is 0. The molecule has 2 aromatic heterocycles. The zero-order valence-corrected chi connectivity index (χ0v) is 12.4. The van der Waals surface area contributed by atoms with E-state index in [-0.39, 0.29) is 7.43 Å². The molecule has 96 valence electrons. The summed E-state index contributed by atoms with van der Waals surface area (Å²) in [6, 6.07) is 16.5. The van der Waals surface area contributed by atoms with Gasteiger partial charge in [0.2, 0.25) is 0 Å². The SMILES string of the molecule is [2H][Ir]=[O].[CH3-].c1ccc(-n2cc3ccccn3[cH+]2)cc1. The van der Waals surface area contributed by atoms with E-state index < -0.39 is 18.7 Å². The molecule has 2 heterocycles. The Kier molecular flexibility index (Phi) is 4.94. The number of para-hydroxylation sites is 1. The summed E-state index contributed by atoms with van der Waals surface area (Å²) in [4.78, 5) is 0. The van der Waals surface area contributed by atoms with Crippen molar-refractivity contribution in [3.63, 3.8) is 0 Å². The summed E-state index contributed by atoms with van der Waals surface area (Å²) >= 11 is -1.50. The van der Waals surface area contributed by atoms with Gasteiger partial charge in [0.15, 0.2) is 11.8 Å². The second kappa shape index (κ2) is 6.94. The van der Waals surface area contributed by atoms with Crippen molar-refractivity contribution < 1.29 is 22.2 Å². The summed E-state index contributed by atoms with van der Waals surface area (Å²) in [6.45, 7) is 0. The predicted octanol–water partition coefficient (Wildman–Crippen LogP) is 3.07. The summed E-state index contributed by atoms with van der Waals surface area (Å²) in [7, 11) is 0. The summed E-state index contributed by atoms with van der Waals surface area (Å²) in [5.74, 6) is 0. The number of aromatic nitrogens is 2. The van der Waals surface area contributed by atoms with E-state index in [1.807, 2.05) is 30.3 Å². The molecule has 0 aliphatic rings. The van der Waals surface area contributed by atoms with Crippen LogP contribution in [0, 0.1) is 7.43 Å². The Hall–Kier alpha value is -1.64. The Morgan fingerprint density at radius 3 is 2.44 bits per heavy atom. The van der Waals surface area contributed by atoms with E-state index >= 15 is 0 Å². The summed E-state index contributed by atoms with van der Waals surface area (Å²) in [5.41, 5.74) is 2.38. The summed E-state index contributed by atoms with van der Waals surface area (Å²) < 4.78 is 18.7. The van der Waals surface area contributed by atoms with Gasteiger partial charge in [-0.15, -0.1) is 0 Å². The van der Waals surface area contributed by atoms with Gasteiger partial charge in [-0.3, -0.25) is 0 Å². The van der Waals surface area contributed by atoms with Gasteiger partial charge in [0.25, 0.3) is 0 Å². The van der Waals surface area contributed by atoms with Crippen LogP contribution in [0.3, 0.4) is 0 Å². The molecule has 0 fully saturated rings. The third kappa shape index (κ3) is 2.97. The van der Waals surface area contributed by atoms with Gasteiger partial charge in [-0.2, -0.15) is 0 Å². The topological polar surface area (TPSA) is 26.4 Å². The van der Waals surface area contributed by atoms with Gasteiger partial charge < -0.3 is 7.43 Å². The molecule has 0 N–H and O–H groups in total. The van der Waals surface area contributed by atoms with Crippen LogP contribution in [0.5, 0.6) is 0 Å². The van der Waals surface area contributed by atoms with E-state index in [4.69, 9.17) is 4.30 Å². The Bertz CT molecular complexity index is 607. The molecule has 0 aliphatic carbocycles. The average Bonchev–Trinajstić information content (AvgIpc) is 2.84. The van der Waals surface area contributed by atoms with Gasteiger partial charge in [-0.25, -0.2) is 8.97 Å². The first-order valence-corrected chi connectivity index (χ1v) is 6.08. The van der Waals surface area contributed by atoms with Gasteiger partial charge >= 0.3 is 23.0 Å². The fourth-order valence-corrected chi connectivity index (χ4v) is 1.73. The second-order valence-electron chi connectivity index (χ2n) is 3.52.